The van der Waals surface area contributed by atoms with Gasteiger partial charge in [-0.25, -0.2) is 0 Å². The Bertz CT molecular complexity index is 769. The first-order chi connectivity index (χ1) is 14.3. The zero-order chi connectivity index (χ0) is 21.1. The Labute approximate surface area is 185 Å². The van der Waals surface area contributed by atoms with E-state index < -0.39 is 0 Å². The molecule has 0 aromatic heterocycles. The third-order valence-corrected chi connectivity index (χ3v) is 11.0. The minimum absolute atomic E-state index is 0.0727. The number of fused-ring (bicyclic) bond motifs is 5. The number of benzene rings is 1. The van der Waals surface area contributed by atoms with Crippen molar-refractivity contribution in [1.82, 2.24) is 0 Å². The lowest BCUT2D eigenvalue weighted by molar-refractivity contribution is -0.130. The molecule has 166 valence electrons. The van der Waals surface area contributed by atoms with Gasteiger partial charge in [0.2, 0.25) is 0 Å². The molecule has 4 aliphatic rings. The molecule has 4 saturated carbocycles. The minimum Gasteiger partial charge on any atom is -0.393 e. The van der Waals surface area contributed by atoms with Gasteiger partial charge in [-0.3, -0.25) is 0 Å². The summed E-state index contributed by atoms with van der Waals surface area (Å²) in [6.07, 6.45) is 13.5. The van der Waals surface area contributed by atoms with E-state index in [9.17, 15) is 5.11 Å². The van der Waals surface area contributed by atoms with E-state index in [4.69, 9.17) is 0 Å². The molecular weight excluding hydrogens is 364 g/mol. The second-order valence-corrected chi connectivity index (χ2v) is 12.4. The second-order valence-electron chi connectivity index (χ2n) is 12.4. The Morgan fingerprint density at radius 2 is 1.87 bits per heavy atom. The highest BCUT2D eigenvalue weighted by Crippen LogP contribution is 2.68. The van der Waals surface area contributed by atoms with Crippen LogP contribution >= 0.6 is 0 Å². The van der Waals surface area contributed by atoms with Crippen molar-refractivity contribution in [2.45, 2.75) is 98.0 Å². The number of hydrogen-bond donors (Lipinski definition) is 1. The summed E-state index contributed by atoms with van der Waals surface area (Å²) in [5, 5.41) is 11.4. The summed E-state index contributed by atoms with van der Waals surface area (Å²) in [7, 11) is 0. The molecule has 0 bridgehead atoms. The highest BCUT2D eigenvalue weighted by atomic mass is 16.3. The van der Waals surface area contributed by atoms with Gasteiger partial charge in [-0.1, -0.05) is 63.4 Å². The molecule has 1 aromatic rings. The van der Waals surface area contributed by atoms with E-state index in [0.29, 0.717) is 28.6 Å². The van der Waals surface area contributed by atoms with Gasteiger partial charge in [0.1, 0.15) is 0 Å². The van der Waals surface area contributed by atoms with E-state index in [1.807, 2.05) is 0 Å². The van der Waals surface area contributed by atoms with E-state index in [1.165, 1.54) is 62.5 Å². The predicted octanol–water partition coefficient (Wildman–Crippen LogP) is 7.19. The maximum Gasteiger partial charge on any atom is 0.0579 e. The van der Waals surface area contributed by atoms with Crippen LogP contribution in [-0.2, 0) is 6.42 Å². The minimum atomic E-state index is -0.0727. The molecular formula is C29H44O. The normalized spacial score (nSPS) is 46.6. The van der Waals surface area contributed by atoms with Crippen LogP contribution in [0.15, 0.2) is 24.3 Å². The van der Waals surface area contributed by atoms with E-state index in [0.717, 1.165) is 30.6 Å². The summed E-state index contributed by atoms with van der Waals surface area (Å²) >= 11 is 0. The Hall–Kier alpha value is -0.820. The SMILES string of the molecule is Cc1cccc(CC(C)[C@H]2CC(O)[C@H]3[C@@H]4CCC5CCCC[C@]5(C)[C@H]4CC[C@]23C)c1. The monoisotopic (exact) mass is 408 g/mol. The third-order valence-electron chi connectivity index (χ3n) is 11.0. The van der Waals surface area contributed by atoms with Gasteiger partial charge in [0.05, 0.1) is 6.10 Å². The predicted molar refractivity (Wildman–Crippen MR) is 125 cm³/mol. The molecule has 4 aliphatic carbocycles. The first-order valence-electron chi connectivity index (χ1n) is 13.1. The number of rotatable bonds is 3. The van der Waals surface area contributed by atoms with Crippen molar-refractivity contribution >= 4 is 0 Å². The molecule has 0 spiro atoms. The summed E-state index contributed by atoms with van der Waals surface area (Å²) < 4.78 is 0. The van der Waals surface area contributed by atoms with E-state index >= 15 is 0 Å². The van der Waals surface area contributed by atoms with Crippen LogP contribution in [-0.4, -0.2) is 11.2 Å². The zero-order valence-electron chi connectivity index (χ0n) is 19.9. The van der Waals surface area contributed by atoms with Crippen LogP contribution in [0.3, 0.4) is 0 Å². The fourth-order valence-electron chi connectivity index (χ4n) is 9.64. The molecule has 1 aromatic carbocycles. The van der Waals surface area contributed by atoms with Crippen LogP contribution < -0.4 is 0 Å². The average molecular weight is 409 g/mol. The van der Waals surface area contributed by atoms with Gasteiger partial charge in [0.25, 0.3) is 0 Å². The van der Waals surface area contributed by atoms with Crippen LogP contribution in [0.5, 0.6) is 0 Å². The highest BCUT2D eigenvalue weighted by molar-refractivity contribution is 5.23. The molecule has 0 radical (unpaired) electrons. The van der Waals surface area contributed by atoms with Crippen molar-refractivity contribution in [2.24, 2.45) is 46.3 Å². The number of aryl methyl sites for hydroxylation is 1. The van der Waals surface area contributed by atoms with E-state index in [1.54, 1.807) is 0 Å². The Kier molecular flexibility index (Phi) is 5.36. The molecule has 1 heteroatoms. The lowest BCUT2D eigenvalue weighted by atomic mass is 9.44. The fraction of sp³-hybridized carbons (Fsp3) is 0.793. The third kappa shape index (κ3) is 3.21. The maximum atomic E-state index is 11.4. The molecule has 9 atom stereocenters. The van der Waals surface area contributed by atoms with Crippen LogP contribution in [0.2, 0.25) is 0 Å². The smallest absolute Gasteiger partial charge is 0.0579 e. The lowest BCUT2D eigenvalue weighted by Gasteiger charge is -2.61. The number of hydrogen-bond acceptors (Lipinski definition) is 1. The molecule has 0 aliphatic heterocycles. The van der Waals surface area contributed by atoms with Gasteiger partial charge < -0.3 is 5.11 Å². The van der Waals surface area contributed by atoms with Crippen molar-refractivity contribution in [1.29, 1.82) is 0 Å². The van der Waals surface area contributed by atoms with Crippen LogP contribution in [0.1, 0.15) is 89.7 Å². The molecule has 1 N–H and O–H groups in total. The van der Waals surface area contributed by atoms with Crippen molar-refractivity contribution in [3.05, 3.63) is 35.4 Å². The average Bonchev–Trinajstić information content (AvgIpc) is 2.98. The topological polar surface area (TPSA) is 20.2 Å². The van der Waals surface area contributed by atoms with Crippen LogP contribution in [0, 0.1) is 53.3 Å². The second kappa shape index (κ2) is 7.65. The summed E-state index contributed by atoms with van der Waals surface area (Å²) in [5.41, 5.74) is 3.75. The van der Waals surface area contributed by atoms with Crippen molar-refractivity contribution in [3.8, 4) is 0 Å². The zero-order valence-corrected chi connectivity index (χ0v) is 19.9. The molecule has 1 nitrogen and oxygen atoms in total. The fourth-order valence-corrected chi connectivity index (χ4v) is 9.64. The molecule has 0 saturated heterocycles. The van der Waals surface area contributed by atoms with E-state index in [-0.39, 0.29) is 6.10 Å². The summed E-state index contributed by atoms with van der Waals surface area (Å²) in [4.78, 5) is 0. The summed E-state index contributed by atoms with van der Waals surface area (Å²) in [6, 6.07) is 9.08. The van der Waals surface area contributed by atoms with Crippen molar-refractivity contribution < 1.29 is 5.11 Å². The number of aliphatic hydroxyl groups excluding tert-OH is 1. The maximum absolute atomic E-state index is 11.4. The first-order valence-corrected chi connectivity index (χ1v) is 13.1. The highest BCUT2D eigenvalue weighted by Gasteiger charge is 2.62. The van der Waals surface area contributed by atoms with Gasteiger partial charge in [-0.15, -0.1) is 0 Å². The Morgan fingerprint density at radius 1 is 1.03 bits per heavy atom. The molecule has 3 unspecified atom stereocenters. The Balaban J connectivity index is 1.38. The van der Waals surface area contributed by atoms with Gasteiger partial charge in [-0.05, 0) is 110 Å². The van der Waals surface area contributed by atoms with Crippen molar-refractivity contribution in [3.63, 3.8) is 0 Å². The quantitative estimate of drug-likeness (QED) is 0.561. The molecule has 0 heterocycles. The molecule has 4 fully saturated rings. The standard InChI is InChI=1S/C29H44O/c1-19-8-7-9-21(16-19)17-20(2)25-18-26(30)27-23-12-11-22-10-5-6-14-28(22,3)24(23)13-15-29(25,27)4/h7-9,16,20,22-27,30H,5-6,10-15,17-18H2,1-4H3/t20?,22?,23-,24+,25-,26?,27-,28+,29-/m1/s1. The van der Waals surface area contributed by atoms with Gasteiger partial charge in [0.15, 0.2) is 0 Å². The van der Waals surface area contributed by atoms with Gasteiger partial charge in [0, 0.05) is 0 Å². The van der Waals surface area contributed by atoms with E-state index in [2.05, 4.69) is 52.0 Å². The summed E-state index contributed by atoms with van der Waals surface area (Å²) in [6.45, 7) is 9.90. The molecule has 5 rings (SSSR count). The molecule has 0 amide bonds. The first kappa shape index (κ1) is 21.0. The number of aliphatic hydroxyl groups is 1. The van der Waals surface area contributed by atoms with Gasteiger partial charge in [-0.2, -0.15) is 0 Å². The summed E-state index contributed by atoms with van der Waals surface area (Å²) in [5.74, 6) is 4.46. The largest absolute Gasteiger partial charge is 0.393 e. The van der Waals surface area contributed by atoms with Crippen molar-refractivity contribution in [2.75, 3.05) is 0 Å². The van der Waals surface area contributed by atoms with Crippen LogP contribution in [0.25, 0.3) is 0 Å². The van der Waals surface area contributed by atoms with Crippen LogP contribution in [0.4, 0.5) is 0 Å². The Morgan fingerprint density at radius 3 is 2.67 bits per heavy atom. The van der Waals surface area contributed by atoms with Gasteiger partial charge >= 0.3 is 0 Å². The lowest BCUT2D eigenvalue weighted by Crippen LogP contribution is -2.54. The molecule has 30 heavy (non-hydrogen) atoms.